The highest BCUT2D eigenvalue weighted by atomic mass is 16.5. The predicted octanol–water partition coefficient (Wildman–Crippen LogP) is 8.74. The summed E-state index contributed by atoms with van der Waals surface area (Å²) in [5.41, 5.74) is 18.0. The Bertz CT molecular complexity index is 1410. The Labute approximate surface area is 224 Å². The molecule has 4 N–H and O–H groups in total. The predicted molar refractivity (Wildman–Crippen MR) is 156 cm³/mol. The van der Waals surface area contributed by atoms with Gasteiger partial charge in [-0.25, -0.2) is 0 Å². The van der Waals surface area contributed by atoms with Crippen LogP contribution in [0.25, 0.3) is 0 Å². The van der Waals surface area contributed by atoms with E-state index in [1.54, 1.807) is 0 Å². The van der Waals surface area contributed by atoms with Gasteiger partial charge in [0.2, 0.25) is 0 Å². The average molecular weight is 501 g/mol. The van der Waals surface area contributed by atoms with Gasteiger partial charge in [-0.1, -0.05) is 74.5 Å². The average Bonchev–Trinajstić information content (AvgIpc) is 2.93. The topological polar surface area (TPSA) is 70.5 Å². The van der Waals surface area contributed by atoms with Crippen molar-refractivity contribution in [1.29, 1.82) is 0 Å². The van der Waals surface area contributed by atoms with E-state index in [0.717, 1.165) is 23.0 Å². The van der Waals surface area contributed by atoms with Crippen LogP contribution in [0.15, 0.2) is 121 Å². The van der Waals surface area contributed by atoms with E-state index in [4.69, 9.17) is 20.9 Å². The van der Waals surface area contributed by atoms with Crippen molar-refractivity contribution in [1.82, 2.24) is 0 Å². The zero-order valence-corrected chi connectivity index (χ0v) is 21.7. The molecule has 0 aliphatic carbocycles. The van der Waals surface area contributed by atoms with Crippen LogP contribution in [0.5, 0.6) is 23.0 Å². The van der Waals surface area contributed by atoms with Gasteiger partial charge in [-0.15, -0.1) is 0 Å². The summed E-state index contributed by atoms with van der Waals surface area (Å²) >= 11 is 0. The number of rotatable bonds is 8. The second-order valence-electron chi connectivity index (χ2n) is 9.60. The highest BCUT2D eigenvalue weighted by molar-refractivity contribution is 5.47. The summed E-state index contributed by atoms with van der Waals surface area (Å²) in [6.07, 6.45) is 0. The van der Waals surface area contributed by atoms with E-state index in [0.29, 0.717) is 11.4 Å². The molecule has 0 aromatic heterocycles. The Morgan fingerprint density at radius 2 is 0.763 bits per heavy atom. The molecule has 0 amide bonds. The maximum atomic E-state index is 6.04. The summed E-state index contributed by atoms with van der Waals surface area (Å²) in [6, 6.07) is 40.3. The van der Waals surface area contributed by atoms with E-state index in [2.05, 4.69) is 62.4 Å². The maximum Gasteiger partial charge on any atom is 0.129 e. The molecule has 0 bridgehead atoms. The lowest BCUT2D eigenvalue weighted by Crippen LogP contribution is -2.00. The van der Waals surface area contributed by atoms with E-state index >= 15 is 0 Å². The summed E-state index contributed by atoms with van der Waals surface area (Å²) in [5.74, 6) is 3.50. The first-order valence-corrected chi connectivity index (χ1v) is 12.8. The monoisotopic (exact) mass is 500 g/mol. The highest BCUT2D eigenvalue weighted by Crippen LogP contribution is 2.33. The number of hydrogen-bond acceptors (Lipinski definition) is 4. The molecule has 190 valence electrons. The number of nitrogen functional groups attached to an aromatic ring is 2. The van der Waals surface area contributed by atoms with Crippen molar-refractivity contribution in [3.63, 3.8) is 0 Å². The summed E-state index contributed by atoms with van der Waals surface area (Å²) in [7, 11) is 0. The molecule has 0 saturated heterocycles. The lowest BCUT2D eigenvalue weighted by molar-refractivity contribution is 0.481. The van der Waals surface area contributed by atoms with E-state index in [1.807, 2.05) is 72.8 Å². The minimum absolute atomic E-state index is 0.221. The third kappa shape index (κ3) is 5.98. The van der Waals surface area contributed by atoms with Gasteiger partial charge in [0.15, 0.2) is 0 Å². The summed E-state index contributed by atoms with van der Waals surface area (Å²) < 4.78 is 12.1. The Kier molecular flexibility index (Phi) is 7.32. The van der Waals surface area contributed by atoms with Crippen molar-refractivity contribution < 1.29 is 9.47 Å². The zero-order chi connectivity index (χ0) is 26.5. The van der Waals surface area contributed by atoms with Crippen LogP contribution < -0.4 is 20.9 Å². The van der Waals surface area contributed by atoms with Crippen LogP contribution in [0.3, 0.4) is 0 Å². The first-order chi connectivity index (χ1) is 18.4. The Hall–Kier alpha value is -4.70. The van der Waals surface area contributed by atoms with Crippen LogP contribution >= 0.6 is 0 Å². The number of ether oxygens (including phenoxy) is 2. The van der Waals surface area contributed by atoms with E-state index in [1.165, 1.54) is 22.3 Å². The molecule has 5 aromatic carbocycles. The first-order valence-electron chi connectivity index (χ1n) is 12.8. The molecule has 0 spiro atoms. The molecule has 0 heterocycles. The van der Waals surface area contributed by atoms with Crippen molar-refractivity contribution >= 4 is 11.4 Å². The van der Waals surface area contributed by atoms with Crippen molar-refractivity contribution in [2.45, 2.75) is 25.7 Å². The first kappa shape index (κ1) is 25.0. The Morgan fingerprint density at radius 3 is 1.13 bits per heavy atom. The second kappa shape index (κ2) is 11.1. The molecule has 0 aliphatic rings. The molecule has 2 atom stereocenters. The van der Waals surface area contributed by atoms with Crippen molar-refractivity contribution in [2.24, 2.45) is 0 Å². The SMILES string of the molecule is CC(c1ccc(C(C)c2cccc(Oc3cccc(N)c3)c2)cc1)c1cccc(Oc2cccc(N)c2)c1. The quantitative estimate of drug-likeness (QED) is 0.209. The van der Waals surface area contributed by atoms with Gasteiger partial charge in [0.1, 0.15) is 23.0 Å². The van der Waals surface area contributed by atoms with Gasteiger partial charge in [0, 0.05) is 35.3 Å². The van der Waals surface area contributed by atoms with Gasteiger partial charge in [-0.05, 0) is 70.8 Å². The van der Waals surface area contributed by atoms with Crippen LogP contribution in [0.1, 0.15) is 47.9 Å². The molecule has 4 heteroatoms. The lowest BCUT2D eigenvalue weighted by atomic mass is 9.88. The van der Waals surface area contributed by atoms with Gasteiger partial charge in [-0.3, -0.25) is 0 Å². The normalized spacial score (nSPS) is 12.5. The second-order valence-corrected chi connectivity index (χ2v) is 9.60. The summed E-state index contributed by atoms with van der Waals surface area (Å²) in [4.78, 5) is 0. The van der Waals surface area contributed by atoms with Crippen LogP contribution in [0.2, 0.25) is 0 Å². The Balaban J connectivity index is 1.29. The molecule has 0 aliphatic heterocycles. The van der Waals surface area contributed by atoms with Gasteiger partial charge < -0.3 is 20.9 Å². The zero-order valence-electron chi connectivity index (χ0n) is 21.7. The fourth-order valence-electron chi connectivity index (χ4n) is 4.58. The lowest BCUT2D eigenvalue weighted by Gasteiger charge is -2.17. The minimum Gasteiger partial charge on any atom is -0.457 e. The molecule has 4 nitrogen and oxygen atoms in total. The van der Waals surface area contributed by atoms with Crippen LogP contribution in [0.4, 0.5) is 11.4 Å². The summed E-state index contributed by atoms with van der Waals surface area (Å²) in [6.45, 7) is 4.43. The number of benzene rings is 5. The summed E-state index contributed by atoms with van der Waals surface area (Å²) in [5, 5.41) is 0. The Morgan fingerprint density at radius 1 is 0.421 bits per heavy atom. The fourth-order valence-corrected chi connectivity index (χ4v) is 4.58. The minimum atomic E-state index is 0.221. The smallest absolute Gasteiger partial charge is 0.129 e. The molecule has 0 fully saturated rings. The third-order valence-corrected chi connectivity index (χ3v) is 6.84. The molecule has 0 radical (unpaired) electrons. The highest BCUT2D eigenvalue weighted by Gasteiger charge is 2.13. The molecule has 5 aromatic rings. The van der Waals surface area contributed by atoms with Gasteiger partial charge >= 0.3 is 0 Å². The van der Waals surface area contributed by atoms with Gasteiger partial charge in [0.25, 0.3) is 0 Å². The molecule has 5 rings (SSSR count). The van der Waals surface area contributed by atoms with Crippen molar-refractivity contribution in [2.75, 3.05) is 11.5 Å². The number of nitrogens with two attached hydrogens (primary N) is 2. The van der Waals surface area contributed by atoms with E-state index < -0.39 is 0 Å². The fraction of sp³-hybridized carbons (Fsp3) is 0.118. The van der Waals surface area contributed by atoms with Gasteiger partial charge in [0.05, 0.1) is 0 Å². The molecule has 0 saturated carbocycles. The van der Waals surface area contributed by atoms with Crippen LogP contribution in [-0.4, -0.2) is 0 Å². The molecule has 2 unspecified atom stereocenters. The largest absolute Gasteiger partial charge is 0.457 e. The van der Waals surface area contributed by atoms with Gasteiger partial charge in [-0.2, -0.15) is 0 Å². The van der Waals surface area contributed by atoms with Crippen molar-refractivity contribution in [3.05, 3.63) is 144 Å². The van der Waals surface area contributed by atoms with Crippen LogP contribution in [-0.2, 0) is 0 Å². The third-order valence-electron chi connectivity index (χ3n) is 6.84. The van der Waals surface area contributed by atoms with E-state index in [9.17, 15) is 0 Å². The molecule has 38 heavy (non-hydrogen) atoms. The van der Waals surface area contributed by atoms with Crippen LogP contribution in [0, 0.1) is 0 Å². The van der Waals surface area contributed by atoms with E-state index in [-0.39, 0.29) is 11.8 Å². The number of anilines is 2. The maximum absolute atomic E-state index is 6.04. The number of hydrogen-bond donors (Lipinski definition) is 2. The standard InChI is InChI=1S/C34H32N2O2/c1-23(27-7-3-11-31(19-27)37-33-13-5-9-29(35)21-33)25-15-17-26(18-16-25)24(2)28-8-4-12-32(20-28)38-34-14-6-10-30(36)22-34/h3-24H,35-36H2,1-2H3. The van der Waals surface area contributed by atoms with Crippen molar-refractivity contribution in [3.8, 4) is 23.0 Å². The molecular weight excluding hydrogens is 468 g/mol. The molecular formula is C34H32N2O2.